The molecule has 0 bridgehead atoms. The highest BCUT2D eigenvalue weighted by molar-refractivity contribution is 7.80. The molecule has 1 heterocycles. The van der Waals surface area contributed by atoms with Crippen molar-refractivity contribution in [3.05, 3.63) is 24.3 Å². The first-order valence-electron chi connectivity index (χ1n) is 7.47. The van der Waals surface area contributed by atoms with Gasteiger partial charge in [-0.2, -0.15) is 0 Å². The van der Waals surface area contributed by atoms with Crippen LogP contribution in [0.2, 0.25) is 0 Å². The molecule has 0 spiro atoms. The van der Waals surface area contributed by atoms with Crippen molar-refractivity contribution in [2.45, 2.75) is 6.92 Å². The molecule has 1 aliphatic rings. The number of ether oxygens (including phenoxy) is 1. The predicted molar refractivity (Wildman–Crippen MR) is 91.4 cm³/mol. The van der Waals surface area contributed by atoms with E-state index in [1.54, 1.807) is 4.90 Å². The maximum Gasteiger partial charge on any atom is 0.221 e. The van der Waals surface area contributed by atoms with Gasteiger partial charge >= 0.3 is 0 Å². The van der Waals surface area contributed by atoms with E-state index in [1.165, 1.54) is 6.92 Å². The van der Waals surface area contributed by atoms with E-state index >= 15 is 0 Å². The monoisotopic (exact) mass is 323 g/mol. The highest BCUT2D eigenvalue weighted by atomic mass is 32.1. The summed E-state index contributed by atoms with van der Waals surface area (Å²) in [6.45, 7) is 7.18. The molecule has 0 saturated carbocycles. The van der Waals surface area contributed by atoms with Crippen LogP contribution in [0.5, 0.6) is 0 Å². The van der Waals surface area contributed by atoms with Crippen LogP contribution in [0.1, 0.15) is 6.92 Å². The number of hydrogen-bond acceptors (Lipinski definition) is 3. The molecule has 1 aliphatic heterocycles. The van der Waals surface area contributed by atoms with Crippen molar-refractivity contribution in [3.8, 4) is 0 Å². The van der Waals surface area contributed by atoms with E-state index in [2.05, 4.69) is 16.0 Å². The summed E-state index contributed by atoms with van der Waals surface area (Å²) in [4.78, 5) is 12.5. The molecule has 1 aromatic carbocycles. The Morgan fingerprint density at radius 1 is 1.18 bits per heavy atom. The number of carbonyl (C=O) groups is 1. The van der Waals surface area contributed by atoms with Gasteiger partial charge in [0, 0.05) is 18.3 Å². The van der Waals surface area contributed by atoms with Crippen LogP contribution in [0.4, 0.5) is 11.4 Å². The topological polar surface area (TPSA) is 66.8 Å². The first kappa shape index (κ1) is 16.7. The van der Waals surface area contributed by atoms with Gasteiger partial charge in [0.15, 0.2) is 5.11 Å². The van der Waals surface area contributed by atoms with Crippen molar-refractivity contribution in [1.82, 2.24) is 5.32 Å². The molecule has 0 unspecified atom stereocenters. The molecule has 0 aromatic heterocycles. The zero-order chi connectivity index (χ0) is 15.8. The fraction of sp³-hybridized carbons (Fsp3) is 0.467. The summed E-state index contributed by atoms with van der Waals surface area (Å²) in [6.07, 6.45) is 0. The van der Waals surface area contributed by atoms with Gasteiger partial charge in [-0.25, -0.2) is 0 Å². The maximum absolute atomic E-state index is 11.0. The summed E-state index contributed by atoms with van der Waals surface area (Å²) in [5.74, 6) is -0.0801. The van der Waals surface area contributed by atoms with Crippen LogP contribution in [-0.2, 0) is 9.53 Å². The number of anilines is 2. The van der Waals surface area contributed by atoms with Gasteiger partial charge in [0.2, 0.25) is 5.91 Å². The number of quaternary nitrogens is 1. The van der Waals surface area contributed by atoms with Gasteiger partial charge in [-0.15, -0.1) is 0 Å². The van der Waals surface area contributed by atoms with E-state index in [1.807, 2.05) is 24.3 Å². The third-order valence-corrected chi connectivity index (χ3v) is 3.67. The number of hydrogen-bond donors (Lipinski definition) is 4. The fourth-order valence-corrected chi connectivity index (χ4v) is 2.50. The molecule has 0 aliphatic carbocycles. The normalized spacial score (nSPS) is 15.1. The van der Waals surface area contributed by atoms with Crippen LogP contribution in [0.3, 0.4) is 0 Å². The zero-order valence-corrected chi connectivity index (χ0v) is 13.6. The van der Waals surface area contributed by atoms with Gasteiger partial charge in [-0.05, 0) is 36.5 Å². The van der Waals surface area contributed by atoms with Crippen LogP contribution in [0.15, 0.2) is 24.3 Å². The Hall–Kier alpha value is -1.70. The molecule has 7 heteroatoms. The van der Waals surface area contributed by atoms with Gasteiger partial charge in [0.05, 0.1) is 26.3 Å². The van der Waals surface area contributed by atoms with E-state index in [4.69, 9.17) is 17.0 Å². The molecule has 0 radical (unpaired) electrons. The average molecular weight is 323 g/mol. The molecule has 1 saturated heterocycles. The number of morpholine rings is 1. The second kappa shape index (κ2) is 8.67. The summed E-state index contributed by atoms with van der Waals surface area (Å²) in [5, 5.41) is 9.69. The second-order valence-corrected chi connectivity index (χ2v) is 5.66. The first-order chi connectivity index (χ1) is 10.6. The van der Waals surface area contributed by atoms with Gasteiger partial charge < -0.3 is 25.6 Å². The van der Waals surface area contributed by atoms with Gasteiger partial charge in [-0.1, -0.05) is 0 Å². The second-order valence-electron chi connectivity index (χ2n) is 5.25. The quantitative estimate of drug-likeness (QED) is 0.568. The molecule has 120 valence electrons. The van der Waals surface area contributed by atoms with Crippen molar-refractivity contribution < 1.29 is 14.4 Å². The lowest BCUT2D eigenvalue weighted by molar-refractivity contribution is -0.906. The molecule has 1 aromatic rings. The number of benzene rings is 1. The first-order valence-corrected chi connectivity index (χ1v) is 7.88. The third kappa shape index (κ3) is 5.97. The number of carbonyl (C=O) groups excluding carboxylic acids is 1. The Balaban J connectivity index is 1.68. The largest absolute Gasteiger partial charge is 0.370 e. The van der Waals surface area contributed by atoms with Crippen LogP contribution >= 0.6 is 12.2 Å². The smallest absolute Gasteiger partial charge is 0.221 e. The summed E-state index contributed by atoms with van der Waals surface area (Å²) < 4.78 is 5.33. The minimum absolute atomic E-state index is 0.0801. The molecular weight excluding hydrogens is 300 g/mol. The number of nitrogens with one attached hydrogen (secondary N) is 4. The Morgan fingerprint density at radius 3 is 2.36 bits per heavy atom. The minimum atomic E-state index is -0.0801. The highest BCUT2D eigenvalue weighted by Crippen LogP contribution is 2.13. The van der Waals surface area contributed by atoms with Gasteiger partial charge in [0.25, 0.3) is 0 Å². The van der Waals surface area contributed by atoms with E-state index in [0.29, 0.717) is 5.11 Å². The van der Waals surface area contributed by atoms with E-state index in [-0.39, 0.29) is 5.91 Å². The van der Waals surface area contributed by atoms with Crippen molar-refractivity contribution in [2.75, 3.05) is 50.0 Å². The Kier molecular flexibility index (Phi) is 6.57. The summed E-state index contributed by atoms with van der Waals surface area (Å²) >= 11 is 5.28. The van der Waals surface area contributed by atoms with Crippen LogP contribution in [-0.4, -0.2) is 50.4 Å². The lowest BCUT2D eigenvalue weighted by Crippen LogP contribution is -3.14. The van der Waals surface area contributed by atoms with Crippen LogP contribution < -0.4 is 20.9 Å². The lowest BCUT2D eigenvalue weighted by Gasteiger charge is -2.24. The number of amides is 1. The van der Waals surface area contributed by atoms with E-state index in [9.17, 15) is 4.79 Å². The molecular formula is C15H23N4O2S+. The molecule has 22 heavy (non-hydrogen) atoms. The molecule has 0 atom stereocenters. The summed E-state index contributed by atoms with van der Waals surface area (Å²) in [7, 11) is 0. The minimum Gasteiger partial charge on any atom is -0.370 e. The molecule has 4 N–H and O–H groups in total. The average Bonchev–Trinajstić information content (AvgIpc) is 2.50. The summed E-state index contributed by atoms with van der Waals surface area (Å²) in [5.41, 5.74) is 1.66. The number of rotatable bonds is 5. The fourth-order valence-electron chi connectivity index (χ4n) is 2.28. The van der Waals surface area contributed by atoms with Crippen molar-refractivity contribution in [3.63, 3.8) is 0 Å². The molecule has 1 fully saturated rings. The van der Waals surface area contributed by atoms with Crippen LogP contribution in [0.25, 0.3) is 0 Å². The molecule has 2 rings (SSSR count). The van der Waals surface area contributed by atoms with Crippen molar-refractivity contribution in [1.29, 1.82) is 0 Å². The molecule has 1 amide bonds. The van der Waals surface area contributed by atoms with E-state index in [0.717, 1.165) is 50.8 Å². The number of thiocarbonyl (C=S) groups is 1. The maximum atomic E-state index is 11.0. The van der Waals surface area contributed by atoms with Gasteiger partial charge in [-0.3, -0.25) is 4.79 Å². The van der Waals surface area contributed by atoms with Crippen molar-refractivity contribution >= 4 is 34.6 Å². The third-order valence-electron chi connectivity index (χ3n) is 3.43. The SMILES string of the molecule is CC(=O)Nc1ccc(NC(=S)NCC[NH+]2CCOCC2)cc1. The van der Waals surface area contributed by atoms with E-state index < -0.39 is 0 Å². The predicted octanol–water partition coefficient (Wildman–Crippen LogP) is -0.153. The zero-order valence-electron chi connectivity index (χ0n) is 12.8. The summed E-state index contributed by atoms with van der Waals surface area (Å²) in [6, 6.07) is 7.44. The van der Waals surface area contributed by atoms with Crippen molar-refractivity contribution in [2.24, 2.45) is 0 Å². The standard InChI is InChI=1S/C15H22N4O2S/c1-12(20)17-13-2-4-14(5-3-13)18-15(22)16-6-7-19-8-10-21-11-9-19/h2-5H,6-11H2,1H3,(H,17,20)(H2,16,18,22)/p+1. The lowest BCUT2D eigenvalue weighted by atomic mass is 10.3. The molecule has 6 nitrogen and oxygen atoms in total. The Bertz CT molecular complexity index is 501. The van der Waals surface area contributed by atoms with Gasteiger partial charge in [0.1, 0.15) is 13.1 Å². The Morgan fingerprint density at radius 2 is 1.77 bits per heavy atom. The Labute approximate surface area is 136 Å². The van der Waals surface area contributed by atoms with Crippen LogP contribution in [0, 0.1) is 0 Å². The highest BCUT2D eigenvalue weighted by Gasteiger charge is 2.12.